The van der Waals surface area contributed by atoms with Crippen LogP contribution in [0, 0.1) is 5.92 Å². The highest BCUT2D eigenvalue weighted by Crippen LogP contribution is 2.30. The van der Waals surface area contributed by atoms with E-state index >= 15 is 0 Å². The summed E-state index contributed by atoms with van der Waals surface area (Å²) < 4.78 is 33.7. The molecule has 3 N–H and O–H groups in total. The molecule has 1 saturated heterocycles. The van der Waals surface area contributed by atoms with Gasteiger partial charge in [0.25, 0.3) is 15.9 Å². The fraction of sp³-hybridized carbons (Fsp3) is 0.267. The summed E-state index contributed by atoms with van der Waals surface area (Å²) in [4.78, 5) is 28.5. The lowest BCUT2D eigenvalue weighted by Gasteiger charge is -2.22. The van der Waals surface area contributed by atoms with Gasteiger partial charge in [0.15, 0.2) is 5.03 Å². The molecule has 1 aromatic carbocycles. The van der Waals surface area contributed by atoms with Crippen molar-refractivity contribution in [1.82, 2.24) is 19.7 Å². The van der Waals surface area contributed by atoms with Crippen LogP contribution in [0.15, 0.2) is 84.0 Å². The maximum absolute atomic E-state index is 13.4. The Morgan fingerprint density at radius 2 is 1.85 bits per heavy atom. The van der Waals surface area contributed by atoms with Crippen molar-refractivity contribution in [3.63, 3.8) is 0 Å². The van der Waals surface area contributed by atoms with Crippen LogP contribution in [0.2, 0.25) is 0 Å². The number of carbonyl (C=O) groups excluding carboxylic acids is 1. The third-order valence-electron chi connectivity index (χ3n) is 6.71. The number of rotatable bonds is 9. The molecule has 212 valence electrons. The first-order chi connectivity index (χ1) is 19.7. The number of sulfonamides is 1. The molecule has 0 bridgehead atoms. The molecular formula is C30H32N6O4S. The third-order valence-corrected chi connectivity index (χ3v) is 7.94. The van der Waals surface area contributed by atoms with Gasteiger partial charge in [-0.25, -0.2) is 19.7 Å². The van der Waals surface area contributed by atoms with E-state index < -0.39 is 15.9 Å². The first-order valence-electron chi connectivity index (χ1n) is 13.4. The van der Waals surface area contributed by atoms with Gasteiger partial charge >= 0.3 is 0 Å². The molecule has 41 heavy (non-hydrogen) atoms. The van der Waals surface area contributed by atoms with Crippen molar-refractivity contribution in [2.45, 2.75) is 37.8 Å². The smallest absolute Gasteiger partial charge is 0.281 e. The van der Waals surface area contributed by atoms with Gasteiger partial charge in [-0.15, -0.1) is 0 Å². The number of pyridine rings is 3. The maximum Gasteiger partial charge on any atom is 0.281 e. The van der Waals surface area contributed by atoms with Crippen LogP contribution in [-0.2, 0) is 16.4 Å². The summed E-state index contributed by atoms with van der Waals surface area (Å²) >= 11 is 0. The molecule has 1 atom stereocenters. The highest BCUT2D eigenvalue weighted by atomic mass is 32.2. The van der Waals surface area contributed by atoms with Crippen molar-refractivity contribution >= 4 is 27.6 Å². The highest BCUT2D eigenvalue weighted by Gasteiger charge is 2.29. The fourth-order valence-corrected chi connectivity index (χ4v) is 5.76. The Bertz CT molecular complexity index is 1630. The van der Waals surface area contributed by atoms with Gasteiger partial charge in [0.1, 0.15) is 11.6 Å². The lowest BCUT2D eigenvalue weighted by Crippen LogP contribution is -2.33. The van der Waals surface area contributed by atoms with Crippen molar-refractivity contribution in [3.8, 4) is 17.1 Å². The second-order valence-corrected chi connectivity index (χ2v) is 11.9. The molecule has 4 aromatic rings. The number of nitrogen functional groups attached to an aromatic ring is 1. The SMILES string of the molecule is CC(C)Oc1ccc(-c2ccc(C(=O)NS(=O)(=O)c3cccc(N)n3)c(N3CCC(Cc4ccccc4)C3)n2)cn1. The lowest BCUT2D eigenvalue weighted by atomic mass is 9.99. The van der Waals surface area contributed by atoms with Crippen molar-refractivity contribution in [2.24, 2.45) is 5.92 Å². The van der Waals surface area contributed by atoms with Gasteiger partial charge in [-0.2, -0.15) is 8.42 Å². The number of anilines is 2. The van der Waals surface area contributed by atoms with Gasteiger partial charge in [0, 0.05) is 30.9 Å². The van der Waals surface area contributed by atoms with Crippen molar-refractivity contribution < 1.29 is 17.9 Å². The largest absolute Gasteiger partial charge is 0.475 e. The predicted molar refractivity (Wildman–Crippen MR) is 157 cm³/mol. The van der Waals surface area contributed by atoms with Crippen LogP contribution < -0.4 is 20.1 Å². The number of benzene rings is 1. The monoisotopic (exact) mass is 572 g/mol. The summed E-state index contributed by atoms with van der Waals surface area (Å²) in [6, 6.07) is 21.4. The highest BCUT2D eigenvalue weighted by molar-refractivity contribution is 7.90. The van der Waals surface area contributed by atoms with E-state index in [1.165, 1.54) is 23.8 Å². The number of aromatic nitrogens is 3. The quantitative estimate of drug-likeness (QED) is 0.303. The standard InChI is InChI=1S/C30H32N6O4S/c1-20(2)40-27-14-11-23(18-32-27)25-13-12-24(30(37)35-41(38,39)28-10-6-9-26(31)34-28)29(33-25)36-16-15-22(19-36)17-21-7-4-3-5-8-21/h3-14,18,20,22H,15-17,19H2,1-2H3,(H2,31,34)(H,35,37). The first-order valence-corrected chi connectivity index (χ1v) is 14.9. The molecule has 0 spiro atoms. The number of nitrogens with two attached hydrogens (primary N) is 1. The van der Waals surface area contributed by atoms with E-state index in [9.17, 15) is 13.2 Å². The molecule has 1 unspecified atom stereocenters. The van der Waals surface area contributed by atoms with Crippen LogP contribution in [0.25, 0.3) is 11.3 Å². The number of nitrogens with zero attached hydrogens (tertiary/aromatic N) is 4. The van der Waals surface area contributed by atoms with Crippen LogP contribution in [0.3, 0.4) is 0 Å². The normalized spacial score (nSPS) is 15.2. The van der Waals surface area contributed by atoms with Crippen molar-refractivity contribution in [1.29, 1.82) is 0 Å². The van der Waals surface area contributed by atoms with Crippen molar-refractivity contribution in [2.75, 3.05) is 23.7 Å². The Morgan fingerprint density at radius 3 is 2.56 bits per heavy atom. The third kappa shape index (κ3) is 6.80. The molecule has 3 aromatic heterocycles. The summed E-state index contributed by atoms with van der Waals surface area (Å²) in [5.41, 5.74) is 8.40. The zero-order valence-electron chi connectivity index (χ0n) is 22.9. The number of carbonyl (C=O) groups is 1. The average Bonchev–Trinajstić information content (AvgIpc) is 3.41. The van der Waals surface area contributed by atoms with E-state index in [0.717, 1.165) is 18.4 Å². The first kappa shape index (κ1) is 28.0. The Hall–Kier alpha value is -4.51. The minimum Gasteiger partial charge on any atom is -0.475 e. The van der Waals surface area contributed by atoms with E-state index in [1.807, 2.05) is 43.0 Å². The summed E-state index contributed by atoms with van der Waals surface area (Å²) in [7, 11) is -4.26. The summed E-state index contributed by atoms with van der Waals surface area (Å²) in [6.07, 6.45) is 3.47. The van der Waals surface area contributed by atoms with Gasteiger partial charge in [-0.3, -0.25) is 4.79 Å². The summed E-state index contributed by atoms with van der Waals surface area (Å²) in [6.45, 7) is 5.21. The van der Waals surface area contributed by atoms with E-state index in [1.54, 1.807) is 24.4 Å². The topological polar surface area (TPSA) is 140 Å². The van der Waals surface area contributed by atoms with Gasteiger partial charge in [-0.1, -0.05) is 36.4 Å². The van der Waals surface area contributed by atoms with Crippen LogP contribution in [0.1, 0.15) is 36.2 Å². The van der Waals surface area contributed by atoms with E-state index in [2.05, 4.69) is 26.8 Å². The maximum atomic E-state index is 13.4. The molecular weight excluding hydrogens is 540 g/mol. The molecule has 4 heterocycles. The number of ether oxygens (including phenoxy) is 1. The van der Waals surface area contributed by atoms with Gasteiger partial charge in [0.05, 0.1) is 17.4 Å². The molecule has 0 saturated carbocycles. The van der Waals surface area contributed by atoms with Crippen LogP contribution in [0.4, 0.5) is 11.6 Å². The number of hydrogen-bond donors (Lipinski definition) is 2. The number of hydrogen-bond acceptors (Lipinski definition) is 9. The fourth-order valence-electron chi connectivity index (χ4n) is 4.82. The molecule has 5 rings (SSSR count). The van der Waals surface area contributed by atoms with Gasteiger partial charge < -0.3 is 15.4 Å². The molecule has 1 fully saturated rings. The Morgan fingerprint density at radius 1 is 1.05 bits per heavy atom. The van der Waals surface area contributed by atoms with Crippen LogP contribution in [0.5, 0.6) is 5.88 Å². The predicted octanol–water partition coefficient (Wildman–Crippen LogP) is 4.10. The van der Waals surface area contributed by atoms with E-state index in [-0.39, 0.29) is 22.5 Å². The molecule has 0 aliphatic carbocycles. The second-order valence-electron chi connectivity index (χ2n) is 10.2. The van der Waals surface area contributed by atoms with Gasteiger partial charge in [0.2, 0.25) is 5.88 Å². The minimum absolute atomic E-state index is 0.00585. The van der Waals surface area contributed by atoms with E-state index in [0.29, 0.717) is 36.4 Å². The zero-order chi connectivity index (χ0) is 29.0. The Kier molecular flexibility index (Phi) is 8.16. The van der Waals surface area contributed by atoms with Crippen LogP contribution in [-0.4, -0.2) is 48.5 Å². The molecule has 1 aliphatic heterocycles. The molecule has 1 aliphatic rings. The van der Waals surface area contributed by atoms with E-state index in [4.69, 9.17) is 15.5 Å². The molecule has 1 amide bonds. The lowest BCUT2D eigenvalue weighted by molar-refractivity contribution is 0.0981. The molecule has 10 nitrogen and oxygen atoms in total. The molecule has 11 heteroatoms. The Labute approximate surface area is 239 Å². The minimum atomic E-state index is -4.26. The van der Waals surface area contributed by atoms with Crippen LogP contribution >= 0.6 is 0 Å². The zero-order valence-corrected chi connectivity index (χ0v) is 23.7. The molecule has 0 radical (unpaired) electrons. The summed E-state index contributed by atoms with van der Waals surface area (Å²) in [5, 5.41) is -0.337. The number of nitrogens with one attached hydrogen (secondary N) is 1. The average molecular weight is 573 g/mol. The van der Waals surface area contributed by atoms with Gasteiger partial charge in [-0.05, 0) is 68.5 Å². The Balaban J connectivity index is 1.45. The number of amides is 1. The second kappa shape index (κ2) is 11.9. The summed E-state index contributed by atoms with van der Waals surface area (Å²) in [5.74, 6) is 0.506. The van der Waals surface area contributed by atoms with Crippen molar-refractivity contribution in [3.05, 3.63) is 90.1 Å².